The van der Waals surface area contributed by atoms with Gasteiger partial charge >= 0.3 is 0 Å². The molecule has 5 heteroatoms. The fourth-order valence-electron chi connectivity index (χ4n) is 2.53. The molecule has 2 N–H and O–H groups in total. The van der Waals surface area contributed by atoms with E-state index in [9.17, 15) is 10.2 Å². The van der Waals surface area contributed by atoms with Crippen LogP contribution < -0.4 is 0 Å². The van der Waals surface area contributed by atoms with Crippen molar-refractivity contribution in [2.24, 2.45) is 0 Å². The molecule has 1 aromatic rings. The molecule has 0 spiro atoms. The second kappa shape index (κ2) is 6.91. The highest BCUT2D eigenvalue weighted by molar-refractivity contribution is 6.42. The first-order valence-corrected chi connectivity index (χ1v) is 7.32. The van der Waals surface area contributed by atoms with Gasteiger partial charge in [-0.3, -0.25) is 4.90 Å². The predicted molar refractivity (Wildman–Crippen MR) is 77.9 cm³/mol. The van der Waals surface area contributed by atoms with Crippen molar-refractivity contribution in [3.63, 3.8) is 0 Å². The first kappa shape index (κ1) is 15.1. The Labute approximate surface area is 123 Å². The lowest BCUT2D eigenvalue weighted by molar-refractivity contribution is 0.0177. The number of likely N-dealkylation sites (tertiary alicyclic amines) is 1. The first-order chi connectivity index (χ1) is 9.10. The minimum absolute atomic E-state index is 0.0616. The van der Waals surface area contributed by atoms with Crippen LogP contribution in [0.2, 0.25) is 10.0 Å². The van der Waals surface area contributed by atoms with Crippen LogP contribution in [-0.4, -0.2) is 47.0 Å². The van der Waals surface area contributed by atoms with E-state index in [1.807, 2.05) is 18.2 Å². The highest BCUT2D eigenvalue weighted by Crippen LogP contribution is 2.23. The first-order valence-electron chi connectivity index (χ1n) is 6.57. The van der Waals surface area contributed by atoms with E-state index in [-0.39, 0.29) is 18.8 Å². The van der Waals surface area contributed by atoms with Crippen molar-refractivity contribution in [3.8, 4) is 0 Å². The minimum Gasteiger partial charge on any atom is -0.395 e. The highest BCUT2D eigenvalue weighted by Gasteiger charge is 2.26. The lowest BCUT2D eigenvalue weighted by atomic mass is 9.99. The summed E-state index contributed by atoms with van der Waals surface area (Å²) in [5.74, 6) is 0. The zero-order valence-corrected chi connectivity index (χ0v) is 12.2. The molecule has 2 atom stereocenters. The maximum atomic E-state index is 9.61. The molecule has 3 nitrogen and oxygen atoms in total. The van der Waals surface area contributed by atoms with E-state index in [2.05, 4.69) is 4.90 Å². The van der Waals surface area contributed by atoms with Crippen LogP contribution in [0.3, 0.4) is 0 Å². The van der Waals surface area contributed by atoms with E-state index < -0.39 is 0 Å². The molecule has 0 radical (unpaired) electrons. The summed E-state index contributed by atoms with van der Waals surface area (Å²) in [5.41, 5.74) is 1.14. The number of piperidine rings is 1. The fraction of sp³-hybridized carbons (Fsp3) is 0.571. The van der Waals surface area contributed by atoms with Crippen LogP contribution in [0.4, 0.5) is 0 Å². The SMILES string of the molecule is OCC1CC(O)CCN1CCc1ccc(Cl)c(Cl)c1. The highest BCUT2D eigenvalue weighted by atomic mass is 35.5. The second-order valence-electron chi connectivity index (χ2n) is 5.05. The third-order valence-electron chi connectivity index (χ3n) is 3.69. The van der Waals surface area contributed by atoms with Crippen molar-refractivity contribution >= 4 is 23.2 Å². The zero-order valence-electron chi connectivity index (χ0n) is 10.7. The third-order valence-corrected chi connectivity index (χ3v) is 4.43. The molecule has 2 rings (SSSR count). The van der Waals surface area contributed by atoms with Crippen LogP contribution in [0.1, 0.15) is 18.4 Å². The Balaban J connectivity index is 1.92. The number of aliphatic hydroxyl groups is 2. The van der Waals surface area contributed by atoms with Crippen LogP contribution in [0.25, 0.3) is 0 Å². The van der Waals surface area contributed by atoms with Crippen molar-refractivity contribution in [3.05, 3.63) is 33.8 Å². The zero-order chi connectivity index (χ0) is 13.8. The monoisotopic (exact) mass is 303 g/mol. The third kappa shape index (κ3) is 4.07. The van der Waals surface area contributed by atoms with Crippen molar-refractivity contribution in [1.82, 2.24) is 4.90 Å². The van der Waals surface area contributed by atoms with Gasteiger partial charge in [0, 0.05) is 19.1 Å². The van der Waals surface area contributed by atoms with Gasteiger partial charge in [-0.2, -0.15) is 0 Å². The molecule has 2 unspecified atom stereocenters. The molecule has 0 amide bonds. The number of rotatable bonds is 4. The minimum atomic E-state index is -0.279. The van der Waals surface area contributed by atoms with Crippen LogP contribution in [0, 0.1) is 0 Å². The molecule has 1 aromatic carbocycles. The fourth-order valence-corrected chi connectivity index (χ4v) is 2.85. The van der Waals surface area contributed by atoms with E-state index in [1.165, 1.54) is 0 Å². The quantitative estimate of drug-likeness (QED) is 0.897. The molecule has 1 heterocycles. The Morgan fingerprint density at radius 2 is 2.05 bits per heavy atom. The molecule has 1 aliphatic rings. The van der Waals surface area contributed by atoms with Gasteiger partial charge in [-0.05, 0) is 37.0 Å². The number of nitrogens with zero attached hydrogens (tertiary/aromatic N) is 1. The molecule has 19 heavy (non-hydrogen) atoms. The van der Waals surface area contributed by atoms with E-state index in [0.717, 1.165) is 31.5 Å². The van der Waals surface area contributed by atoms with Gasteiger partial charge in [0.05, 0.1) is 22.8 Å². The van der Waals surface area contributed by atoms with Crippen molar-refractivity contribution < 1.29 is 10.2 Å². The maximum Gasteiger partial charge on any atom is 0.0595 e. The largest absolute Gasteiger partial charge is 0.395 e. The summed E-state index contributed by atoms with van der Waals surface area (Å²) in [6.45, 7) is 1.78. The van der Waals surface area contributed by atoms with Crippen molar-refractivity contribution in [1.29, 1.82) is 0 Å². The molecule has 0 bridgehead atoms. The summed E-state index contributed by atoms with van der Waals surface area (Å²) in [4.78, 5) is 2.23. The molecule has 0 aliphatic carbocycles. The number of aliphatic hydroxyl groups excluding tert-OH is 2. The van der Waals surface area contributed by atoms with E-state index in [1.54, 1.807) is 0 Å². The summed E-state index contributed by atoms with van der Waals surface area (Å²) < 4.78 is 0. The lowest BCUT2D eigenvalue weighted by Crippen LogP contribution is -2.47. The number of halogens is 2. The van der Waals surface area contributed by atoms with Gasteiger partial charge in [0.25, 0.3) is 0 Å². The summed E-state index contributed by atoms with van der Waals surface area (Å²) in [5, 5.41) is 20.1. The maximum absolute atomic E-state index is 9.61. The summed E-state index contributed by atoms with van der Waals surface area (Å²) in [6.07, 6.45) is 2.01. The summed E-state index contributed by atoms with van der Waals surface area (Å²) >= 11 is 11.9. The van der Waals surface area contributed by atoms with Gasteiger partial charge in [0.15, 0.2) is 0 Å². The van der Waals surface area contributed by atoms with Gasteiger partial charge < -0.3 is 10.2 Å². The molecular weight excluding hydrogens is 285 g/mol. The average Bonchev–Trinajstić information content (AvgIpc) is 2.41. The Hall–Kier alpha value is -0.320. The van der Waals surface area contributed by atoms with Crippen molar-refractivity contribution in [2.75, 3.05) is 19.7 Å². The number of hydrogen-bond donors (Lipinski definition) is 2. The number of hydrogen-bond acceptors (Lipinski definition) is 3. The van der Waals surface area contributed by atoms with Crippen LogP contribution in [0.5, 0.6) is 0 Å². The van der Waals surface area contributed by atoms with Gasteiger partial charge in [0.1, 0.15) is 0 Å². The van der Waals surface area contributed by atoms with Gasteiger partial charge in [0.2, 0.25) is 0 Å². The van der Waals surface area contributed by atoms with Crippen molar-refractivity contribution in [2.45, 2.75) is 31.4 Å². The lowest BCUT2D eigenvalue weighted by Gasteiger charge is -2.36. The van der Waals surface area contributed by atoms with Crippen LogP contribution >= 0.6 is 23.2 Å². The molecule has 0 saturated carbocycles. The van der Waals surface area contributed by atoms with Gasteiger partial charge in [-0.25, -0.2) is 0 Å². The molecule has 1 aliphatic heterocycles. The predicted octanol–water partition coefficient (Wildman–Crippen LogP) is 2.35. The van der Waals surface area contributed by atoms with E-state index >= 15 is 0 Å². The van der Waals surface area contributed by atoms with Crippen LogP contribution in [0.15, 0.2) is 18.2 Å². The standard InChI is InChI=1S/C14H19Cl2NO2/c15-13-2-1-10(7-14(13)16)3-5-17-6-4-12(19)8-11(17)9-18/h1-2,7,11-12,18-19H,3-6,8-9H2. The normalized spacial score (nSPS) is 24.6. The average molecular weight is 304 g/mol. The molecule has 1 fully saturated rings. The molecule has 0 aromatic heterocycles. The molecule has 1 saturated heterocycles. The molecule has 106 valence electrons. The van der Waals surface area contributed by atoms with E-state index in [4.69, 9.17) is 23.2 Å². The Morgan fingerprint density at radius 3 is 2.74 bits per heavy atom. The van der Waals surface area contributed by atoms with Crippen LogP contribution in [-0.2, 0) is 6.42 Å². The summed E-state index contributed by atoms with van der Waals surface area (Å²) in [7, 11) is 0. The topological polar surface area (TPSA) is 43.7 Å². The Kier molecular flexibility index (Phi) is 5.48. The van der Waals surface area contributed by atoms with Gasteiger partial charge in [-0.15, -0.1) is 0 Å². The smallest absolute Gasteiger partial charge is 0.0595 e. The summed E-state index contributed by atoms with van der Waals surface area (Å²) in [6, 6.07) is 5.73. The second-order valence-corrected chi connectivity index (χ2v) is 5.86. The molecular formula is C14H19Cl2NO2. The number of benzene rings is 1. The Bertz CT molecular complexity index is 428. The Morgan fingerprint density at radius 1 is 1.26 bits per heavy atom. The van der Waals surface area contributed by atoms with Gasteiger partial charge in [-0.1, -0.05) is 29.3 Å². The van der Waals surface area contributed by atoms with E-state index in [0.29, 0.717) is 16.5 Å².